The Morgan fingerprint density at radius 2 is 2.35 bits per heavy atom. The lowest BCUT2D eigenvalue weighted by Gasteiger charge is -2.17. The van der Waals surface area contributed by atoms with E-state index in [0.29, 0.717) is 30.4 Å². The van der Waals surface area contributed by atoms with Crippen LogP contribution in [0.25, 0.3) is 0 Å². The fourth-order valence-corrected chi connectivity index (χ4v) is 2.53. The van der Waals surface area contributed by atoms with Crippen molar-refractivity contribution in [3.63, 3.8) is 0 Å². The molecule has 0 spiro atoms. The van der Waals surface area contributed by atoms with Crippen molar-refractivity contribution in [2.75, 3.05) is 13.7 Å². The molecule has 1 aliphatic heterocycles. The maximum Gasteiger partial charge on any atom is 0.254 e. The molecule has 3 rings (SSSR count). The minimum absolute atomic E-state index is 0.0392. The Balaban J connectivity index is 1.74. The number of methoxy groups -OCH3 is 1. The van der Waals surface area contributed by atoms with Crippen molar-refractivity contribution in [1.29, 1.82) is 0 Å². The van der Waals surface area contributed by atoms with Crippen LogP contribution in [0.2, 0.25) is 0 Å². The lowest BCUT2D eigenvalue weighted by Crippen LogP contribution is -2.37. The molecule has 2 atom stereocenters. The van der Waals surface area contributed by atoms with Crippen LogP contribution in [0.3, 0.4) is 0 Å². The smallest absolute Gasteiger partial charge is 0.254 e. The molecule has 0 saturated carbocycles. The summed E-state index contributed by atoms with van der Waals surface area (Å²) in [5, 5.41) is 9.60. The average molecular weight is 320 g/mol. The van der Waals surface area contributed by atoms with E-state index in [1.54, 1.807) is 13.0 Å². The number of nitrogens with zero attached hydrogens (tertiary/aromatic N) is 2. The predicted molar refractivity (Wildman–Crippen MR) is 78.6 cm³/mol. The number of aromatic nitrogens is 3. The first-order valence-corrected chi connectivity index (χ1v) is 7.23. The van der Waals surface area contributed by atoms with E-state index in [0.717, 1.165) is 0 Å². The largest absolute Gasteiger partial charge is 0.497 e. The van der Waals surface area contributed by atoms with Gasteiger partial charge in [0.1, 0.15) is 23.5 Å². The molecule has 0 aliphatic carbocycles. The molecule has 1 amide bonds. The zero-order chi connectivity index (χ0) is 16.4. The second-order valence-corrected chi connectivity index (χ2v) is 5.28. The highest BCUT2D eigenvalue weighted by atomic mass is 19.1. The van der Waals surface area contributed by atoms with Gasteiger partial charge in [0.25, 0.3) is 5.91 Å². The number of carbonyl (C=O) groups is 1. The molecule has 0 radical (unpaired) electrons. The number of halogens is 1. The van der Waals surface area contributed by atoms with Gasteiger partial charge < -0.3 is 14.8 Å². The third kappa shape index (κ3) is 3.16. The lowest BCUT2D eigenvalue weighted by atomic mass is 10.1. The number of H-pyrrole nitrogens is 1. The van der Waals surface area contributed by atoms with Crippen LogP contribution in [-0.2, 0) is 4.74 Å². The molecule has 122 valence electrons. The van der Waals surface area contributed by atoms with Gasteiger partial charge in [-0.05, 0) is 25.5 Å². The third-order valence-electron chi connectivity index (χ3n) is 3.70. The topological polar surface area (TPSA) is 89.1 Å². The number of rotatable bonds is 4. The number of aryl methyl sites for hydroxylation is 1. The van der Waals surface area contributed by atoms with Crippen LogP contribution in [0.15, 0.2) is 18.2 Å². The monoisotopic (exact) mass is 320 g/mol. The average Bonchev–Trinajstić information content (AvgIpc) is 3.15. The highest BCUT2D eigenvalue weighted by Gasteiger charge is 2.34. The van der Waals surface area contributed by atoms with Crippen LogP contribution in [0.4, 0.5) is 4.39 Å². The van der Waals surface area contributed by atoms with Crippen molar-refractivity contribution in [1.82, 2.24) is 20.5 Å². The molecule has 8 heteroatoms. The molecular formula is C15H17FN4O3. The summed E-state index contributed by atoms with van der Waals surface area (Å²) in [6, 6.07) is 3.81. The van der Waals surface area contributed by atoms with Crippen LogP contribution in [-0.4, -0.2) is 40.8 Å². The Bertz CT molecular complexity index is 718. The number of benzene rings is 1. The molecule has 1 aromatic carbocycles. The zero-order valence-corrected chi connectivity index (χ0v) is 12.8. The Morgan fingerprint density at radius 1 is 1.52 bits per heavy atom. The summed E-state index contributed by atoms with van der Waals surface area (Å²) in [6.07, 6.45) is 0.173. The van der Waals surface area contributed by atoms with Gasteiger partial charge in [-0.1, -0.05) is 0 Å². The van der Waals surface area contributed by atoms with Gasteiger partial charge in [-0.2, -0.15) is 5.10 Å². The number of amides is 1. The molecule has 1 saturated heterocycles. The Kier molecular flexibility index (Phi) is 4.24. The first-order valence-electron chi connectivity index (χ1n) is 7.23. The number of aromatic amines is 1. The summed E-state index contributed by atoms with van der Waals surface area (Å²) < 4.78 is 24.5. The second-order valence-electron chi connectivity index (χ2n) is 5.28. The molecule has 0 unspecified atom stereocenters. The number of nitrogens with one attached hydrogen (secondary N) is 2. The van der Waals surface area contributed by atoms with E-state index in [1.807, 2.05) is 0 Å². The molecule has 1 fully saturated rings. The molecule has 2 aromatic rings. The quantitative estimate of drug-likeness (QED) is 0.891. The zero-order valence-electron chi connectivity index (χ0n) is 12.8. The molecule has 7 nitrogen and oxygen atoms in total. The van der Waals surface area contributed by atoms with Crippen LogP contribution in [0, 0.1) is 12.7 Å². The molecular weight excluding hydrogens is 303 g/mol. The van der Waals surface area contributed by atoms with Gasteiger partial charge in [-0.3, -0.25) is 9.89 Å². The molecule has 23 heavy (non-hydrogen) atoms. The van der Waals surface area contributed by atoms with Crippen molar-refractivity contribution >= 4 is 5.91 Å². The van der Waals surface area contributed by atoms with Crippen molar-refractivity contribution in [2.45, 2.75) is 25.5 Å². The van der Waals surface area contributed by atoms with Crippen molar-refractivity contribution < 1.29 is 18.7 Å². The van der Waals surface area contributed by atoms with Gasteiger partial charge in [0.15, 0.2) is 5.82 Å². The fourth-order valence-electron chi connectivity index (χ4n) is 2.53. The Morgan fingerprint density at radius 3 is 3.00 bits per heavy atom. The first-order chi connectivity index (χ1) is 11.1. The van der Waals surface area contributed by atoms with Crippen molar-refractivity contribution in [3.05, 3.63) is 41.2 Å². The lowest BCUT2D eigenvalue weighted by molar-refractivity contribution is 0.0789. The number of ether oxygens (including phenoxy) is 2. The minimum Gasteiger partial charge on any atom is -0.497 e. The normalized spacial score (nSPS) is 20.5. The van der Waals surface area contributed by atoms with Crippen LogP contribution in [0.5, 0.6) is 5.75 Å². The molecule has 2 heterocycles. The third-order valence-corrected chi connectivity index (χ3v) is 3.70. The number of hydrogen-bond acceptors (Lipinski definition) is 5. The van der Waals surface area contributed by atoms with Gasteiger partial charge in [0, 0.05) is 12.7 Å². The van der Waals surface area contributed by atoms with E-state index in [4.69, 9.17) is 9.47 Å². The molecule has 2 N–H and O–H groups in total. The van der Waals surface area contributed by atoms with Gasteiger partial charge in [0.05, 0.1) is 18.7 Å². The summed E-state index contributed by atoms with van der Waals surface area (Å²) in [5.74, 6) is 0.378. The minimum atomic E-state index is -0.633. The van der Waals surface area contributed by atoms with Gasteiger partial charge in [-0.25, -0.2) is 9.37 Å². The van der Waals surface area contributed by atoms with E-state index >= 15 is 0 Å². The fraction of sp³-hybridized carbons (Fsp3) is 0.400. The van der Waals surface area contributed by atoms with Gasteiger partial charge in [0.2, 0.25) is 0 Å². The van der Waals surface area contributed by atoms with E-state index in [1.165, 1.54) is 19.2 Å². The highest BCUT2D eigenvalue weighted by Crippen LogP contribution is 2.27. The van der Waals surface area contributed by atoms with Gasteiger partial charge >= 0.3 is 0 Å². The van der Waals surface area contributed by atoms with E-state index in [9.17, 15) is 9.18 Å². The summed E-state index contributed by atoms with van der Waals surface area (Å²) in [6.45, 7) is 2.26. The summed E-state index contributed by atoms with van der Waals surface area (Å²) in [4.78, 5) is 16.5. The summed E-state index contributed by atoms with van der Waals surface area (Å²) >= 11 is 0. The van der Waals surface area contributed by atoms with Crippen molar-refractivity contribution in [3.8, 4) is 5.75 Å². The van der Waals surface area contributed by atoms with Crippen molar-refractivity contribution in [2.24, 2.45) is 0 Å². The molecule has 0 bridgehead atoms. The second kappa shape index (κ2) is 6.33. The summed E-state index contributed by atoms with van der Waals surface area (Å²) in [7, 11) is 1.44. The number of hydrogen-bond donors (Lipinski definition) is 2. The van der Waals surface area contributed by atoms with Crippen LogP contribution < -0.4 is 10.1 Å². The van der Waals surface area contributed by atoms with Crippen LogP contribution in [0.1, 0.15) is 34.5 Å². The highest BCUT2D eigenvalue weighted by molar-refractivity contribution is 5.94. The number of carbonyl (C=O) groups excluding carboxylic acids is 1. The predicted octanol–water partition coefficient (Wildman–Crippen LogP) is 1.52. The Hall–Kier alpha value is -2.48. The van der Waals surface area contributed by atoms with E-state index in [-0.39, 0.29) is 11.6 Å². The summed E-state index contributed by atoms with van der Waals surface area (Å²) in [5.41, 5.74) is -0.0392. The van der Waals surface area contributed by atoms with E-state index < -0.39 is 17.8 Å². The standard InChI is InChI=1S/C15H17FN4O3/c1-8-17-14(20-19-8)13-12(5-6-23-13)18-15(21)10-4-3-9(22-2)7-11(10)16/h3-4,7,12-13H,5-6H2,1-2H3,(H,18,21)(H,17,19,20)/t12-,13+/m0/s1. The van der Waals surface area contributed by atoms with Crippen LogP contribution >= 0.6 is 0 Å². The van der Waals surface area contributed by atoms with E-state index in [2.05, 4.69) is 20.5 Å². The SMILES string of the molecule is COc1ccc(C(=O)N[C@H]2CCO[C@H]2c2n[nH]c(C)n2)c(F)c1. The molecule has 1 aromatic heterocycles. The Labute approximate surface area is 132 Å². The first kappa shape index (κ1) is 15.4. The maximum absolute atomic E-state index is 14.0. The molecule has 1 aliphatic rings. The van der Waals surface area contributed by atoms with Gasteiger partial charge in [-0.15, -0.1) is 0 Å². The maximum atomic E-state index is 14.0.